The van der Waals surface area contributed by atoms with E-state index in [9.17, 15) is 0 Å². The van der Waals surface area contributed by atoms with Gasteiger partial charge in [-0.2, -0.15) is 0 Å². The topological polar surface area (TPSA) is 24.9 Å². The van der Waals surface area contributed by atoms with Gasteiger partial charge in [0.15, 0.2) is 0 Å². The highest BCUT2D eigenvalue weighted by molar-refractivity contribution is 6.17. The van der Waals surface area contributed by atoms with Crippen LogP contribution in [-0.2, 0) is 0 Å². The third-order valence-corrected chi connectivity index (χ3v) is 2.13. The van der Waals surface area contributed by atoms with Crippen molar-refractivity contribution in [2.45, 2.75) is 25.8 Å². The molecule has 1 unspecified atom stereocenters. The molecule has 0 aliphatic carbocycles. The number of rotatable bonds is 5. The van der Waals surface area contributed by atoms with Crippen LogP contribution < -0.4 is 5.32 Å². The molecule has 0 radical (unpaired) electrons. The van der Waals surface area contributed by atoms with Gasteiger partial charge in [-0.15, -0.1) is 11.6 Å². The van der Waals surface area contributed by atoms with Gasteiger partial charge in [-0.3, -0.25) is 4.98 Å². The molecule has 72 valence electrons. The molecular formula is C10H15ClN2. The first-order valence-corrected chi connectivity index (χ1v) is 5.09. The minimum Gasteiger partial charge on any atom is -0.383 e. The number of halogens is 1. The highest BCUT2D eigenvalue weighted by Gasteiger charge is 2.00. The van der Waals surface area contributed by atoms with Gasteiger partial charge in [0.1, 0.15) is 0 Å². The van der Waals surface area contributed by atoms with Crippen molar-refractivity contribution in [1.29, 1.82) is 0 Å². The van der Waals surface area contributed by atoms with E-state index in [1.54, 1.807) is 12.4 Å². The highest BCUT2D eigenvalue weighted by atomic mass is 35.5. The minimum atomic E-state index is 0.473. The molecule has 0 aliphatic heterocycles. The van der Waals surface area contributed by atoms with Crippen molar-refractivity contribution in [3.05, 3.63) is 24.5 Å². The van der Waals surface area contributed by atoms with E-state index < -0.39 is 0 Å². The van der Waals surface area contributed by atoms with Gasteiger partial charge in [-0.05, 0) is 31.9 Å². The maximum Gasteiger partial charge on any atom is 0.0373 e. The van der Waals surface area contributed by atoms with Gasteiger partial charge in [0.2, 0.25) is 0 Å². The fourth-order valence-electron chi connectivity index (χ4n) is 1.19. The second-order valence-corrected chi connectivity index (χ2v) is 3.49. The second-order valence-electron chi connectivity index (χ2n) is 3.11. The van der Waals surface area contributed by atoms with Crippen molar-refractivity contribution in [2.24, 2.45) is 0 Å². The van der Waals surface area contributed by atoms with Crippen molar-refractivity contribution >= 4 is 17.3 Å². The summed E-state index contributed by atoms with van der Waals surface area (Å²) in [5, 5.41) is 3.38. The Kier molecular flexibility index (Phi) is 4.61. The molecule has 1 N–H and O–H groups in total. The van der Waals surface area contributed by atoms with E-state index in [0.717, 1.165) is 24.4 Å². The first kappa shape index (κ1) is 10.3. The lowest BCUT2D eigenvalue weighted by atomic mass is 10.2. The van der Waals surface area contributed by atoms with Gasteiger partial charge in [-0.1, -0.05) is 0 Å². The van der Waals surface area contributed by atoms with Crippen LogP contribution in [0.25, 0.3) is 0 Å². The molecule has 1 atom stereocenters. The molecule has 0 spiro atoms. The Hall–Kier alpha value is -0.760. The second kappa shape index (κ2) is 5.81. The molecule has 0 aliphatic rings. The number of nitrogens with zero attached hydrogens (tertiary/aromatic N) is 1. The molecule has 0 fully saturated rings. The molecule has 2 nitrogen and oxygen atoms in total. The molecule has 0 amide bonds. The van der Waals surface area contributed by atoms with Gasteiger partial charge in [0.25, 0.3) is 0 Å². The van der Waals surface area contributed by atoms with Crippen LogP contribution >= 0.6 is 11.6 Å². The van der Waals surface area contributed by atoms with Crippen molar-refractivity contribution in [2.75, 3.05) is 11.2 Å². The highest BCUT2D eigenvalue weighted by Crippen LogP contribution is 2.08. The monoisotopic (exact) mass is 198 g/mol. The number of alkyl halides is 1. The molecule has 0 aromatic carbocycles. The number of pyridine rings is 1. The summed E-state index contributed by atoms with van der Waals surface area (Å²) in [4.78, 5) is 3.95. The van der Waals surface area contributed by atoms with Crippen LogP contribution in [0.2, 0.25) is 0 Å². The predicted octanol–water partition coefficient (Wildman–Crippen LogP) is 2.90. The zero-order valence-electron chi connectivity index (χ0n) is 7.83. The Morgan fingerprint density at radius 3 is 2.77 bits per heavy atom. The molecule has 13 heavy (non-hydrogen) atoms. The van der Waals surface area contributed by atoms with Crippen molar-refractivity contribution in [3.8, 4) is 0 Å². The van der Waals surface area contributed by atoms with Crippen LogP contribution in [0.5, 0.6) is 0 Å². The molecule has 0 bridgehead atoms. The van der Waals surface area contributed by atoms with Crippen LogP contribution in [0.3, 0.4) is 0 Å². The Morgan fingerprint density at radius 1 is 1.46 bits per heavy atom. The van der Waals surface area contributed by atoms with E-state index in [2.05, 4.69) is 17.2 Å². The summed E-state index contributed by atoms with van der Waals surface area (Å²) < 4.78 is 0. The SMILES string of the molecule is CC(CCCCl)Nc1ccncc1. The van der Waals surface area contributed by atoms with Crippen LogP contribution in [0.15, 0.2) is 24.5 Å². The van der Waals surface area contributed by atoms with Crippen LogP contribution in [0.4, 0.5) is 5.69 Å². The molecule has 1 rings (SSSR count). The van der Waals surface area contributed by atoms with Gasteiger partial charge in [0, 0.05) is 30.0 Å². The Bertz CT molecular complexity index is 226. The van der Waals surface area contributed by atoms with Crippen molar-refractivity contribution < 1.29 is 0 Å². The van der Waals surface area contributed by atoms with Crippen molar-refractivity contribution in [3.63, 3.8) is 0 Å². The molecule has 0 saturated carbocycles. The summed E-state index contributed by atoms with van der Waals surface area (Å²) in [5.41, 5.74) is 1.12. The largest absolute Gasteiger partial charge is 0.383 e. The standard InChI is InChI=1S/C10H15ClN2/c1-9(3-2-6-11)13-10-4-7-12-8-5-10/h4-5,7-9H,2-3,6H2,1H3,(H,12,13). The fraction of sp³-hybridized carbons (Fsp3) is 0.500. The number of hydrogen-bond donors (Lipinski definition) is 1. The quantitative estimate of drug-likeness (QED) is 0.736. The summed E-state index contributed by atoms with van der Waals surface area (Å²) in [6.45, 7) is 2.16. The average Bonchev–Trinajstić information content (AvgIpc) is 2.16. The van der Waals surface area contributed by atoms with E-state index in [4.69, 9.17) is 11.6 Å². The van der Waals surface area contributed by atoms with Crippen LogP contribution in [0, 0.1) is 0 Å². The molecule has 0 saturated heterocycles. The molecular weight excluding hydrogens is 184 g/mol. The molecule has 1 aromatic rings. The van der Waals surface area contributed by atoms with E-state index >= 15 is 0 Å². The minimum absolute atomic E-state index is 0.473. The number of anilines is 1. The first-order chi connectivity index (χ1) is 6.33. The zero-order chi connectivity index (χ0) is 9.52. The van der Waals surface area contributed by atoms with E-state index in [-0.39, 0.29) is 0 Å². The van der Waals surface area contributed by atoms with Crippen LogP contribution in [-0.4, -0.2) is 16.9 Å². The van der Waals surface area contributed by atoms with Crippen LogP contribution in [0.1, 0.15) is 19.8 Å². The number of hydrogen-bond acceptors (Lipinski definition) is 2. The van der Waals surface area contributed by atoms with E-state index in [0.29, 0.717) is 6.04 Å². The molecule has 3 heteroatoms. The van der Waals surface area contributed by atoms with E-state index in [1.165, 1.54) is 0 Å². The summed E-state index contributed by atoms with van der Waals surface area (Å²) in [6.07, 6.45) is 5.74. The fourth-order valence-corrected chi connectivity index (χ4v) is 1.34. The lowest BCUT2D eigenvalue weighted by Gasteiger charge is -2.13. The van der Waals surface area contributed by atoms with Gasteiger partial charge in [0.05, 0.1) is 0 Å². The Labute approximate surface area is 84.3 Å². The summed E-state index contributed by atoms with van der Waals surface area (Å²) in [5.74, 6) is 0.738. The van der Waals surface area contributed by atoms with Gasteiger partial charge in [-0.25, -0.2) is 0 Å². The van der Waals surface area contributed by atoms with Gasteiger partial charge < -0.3 is 5.32 Å². The molecule has 1 heterocycles. The lowest BCUT2D eigenvalue weighted by molar-refractivity contribution is 0.693. The first-order valence-electron chi connectivity index (χ1n) is 4.55. The normalized spacial score (nSPS) is 12.5. The summed E-state index contributed by atoms with van der Waals surface area (Å²) in [7, 11) is 0. The average molecular weight is 199 g/mol. The third-order valence-electron chi connectivity index (χ3n) is 1.86. The Morgan fingerprint density at radius 2 is 2.15 bits per heavy atom. The summed E-state index contributed by atoms with van der Waals surface area (Å²) >= 11 is 5.61. The predicted molar refractivity (Wildman–Crippen MR) is 57.3 cm³/mol. The maximum absolute atomic E-state index is 5.61. The Balaban J connectivity index is 2.32. The smallest absolute Gasteiger partial charge is 0.0373 e. The van der Waals surface area contributed by atoms with Gasteiger partial charge >= 0.3 is 0 Å². The summed E-state index contributed by atoms with van der Waals surface area (Å²) in [6, 6.07) is 4.41. The zero-order valence-corrected chi connectivity index (χ0v) is 8.59. The van der Waals surface area contributed by atoms with Crippen molar-refractivity contribution in [1.82, 2.24) is 4.98 Å². The maximum atomic E-state index is 5.61. The third kappa shape index (κ3) is 4.13. The number of nitrogens with one attached hydrogen (secondary N) is 1. The lowest BCUT2D eigenvalue weighted by Crippen LogP contribution is -2.14. The molecule has 1 aromatic heterocycles. The van der Waals surface area contributed by atoms with E-state index in [1.807, 2.05) is 12.1 Å². The number of aromatic nitrogens is 1.